The van der Waals surface area contributed by atoms with Crippen LogP contribution in [0.25, 0.3) is 0 Å². The normalized spacial score (nSPS) is 17.1. The summed E-state index contributed by atoms with van der Waals surface area (Å²) in [5, 5.41) is 5.93. The zero-order valence-electron chi connectivity index (χ0n) is 15.2. The topological polar surface area (TPSA) is 84.2 Å². The number of aryl methyl sites for hydroxylation is 2. The van der Waals surface area contributed by atoms with Gasteiger partial charge in [-0.3, -0.25) is 4.79 Å². The first kappa shape index (κ1) is 18.0. The monoisotopic (exact) mass is 351 g/mol. The average molecular weight is 351 g/mol. The second kappa shape index (κ2) is 7.60. The molecule has 1 aliphatic carbocycles. The summed E-state index contributed by atoms with van der Waals surface area (Å²) in [5.41, 5.74) is 9.91. The SMILES string of the molecule is Cc1cc(C(N)=O)ccc1NC(=O)N[C@H](C)C1CCCc2ccccc21. The smallest absolute Gasteiger partial charge is 0.319 e. The Hall–Kier alpha value is -2.82. The highest BCUT2D eigenvalue weighted by atomic mass is 16.2. The van der Waals surface area contributed by atoms with E-state index in [0.717, 1.165) is 24.8 Å². The van der Waals surface area contributed by atoms with Crippen LogP contribution in [0.1, 0.15) is 52.7 Å². The maximum absolute atomic E-state index is 12.4. The van der Waals surface area contributed by atoms with Gasteiger partial charge in [0.25, 0.3) is 0 Å². The van der Waals surface area contributed by atoms with Crippen LogP contribution in [0, 0.1) is 6.92 Å². The van der Waals surface area contributed by atoms with Crippen LogP contribution in [0.2, 0.25) is 0 Å². The Balaban J connectivity index is 1.66. The Kier molecular flexibility index (Phi) is 5.26. The highest BCUT2D eigenvalue weighted by molar-refractivity contribution is 5.95. The van der Waals surface area contributed by atoms with Gasteiger partial charge in [0.05, 0.1) is 0 Å². The molecule has 0 aromatic heterocycles. The first-order chi connectivity index (χ1) is 12.5. The van der Waals surface area contributed by atoms with Crippen molar-refractivity contribution in [3.05, 3.63) is 64.7 Å². The lowest BCUT2D eigenvalue weighted by Gasteiger charge is -2.31. The molecular weight excluding hydrogens is 326 g/mol. The van der Waals surface area contributed by atoms with Gasteiger partial charge in [0.15, 0.2) is 0 Å². The van der Waals surface area contributed by atoms with Crippen molar-refractivity contribution in [2.75, 3.05) is 5.32 Å². The van der Waals surface area contributed by atoms with E-state index >= 15 is 0 Å². The number of nitrogens with two attached hydrogens (primary N) is 1. The molecule has 2 atom stereocenters. The van der Waals surface area contributed by atoms with Crippen molar-refractivity contribution in [1.29, 1.82) is 0 Å². The number of rotatable bonds is 4. The first-order valence-corrected chi connectivity index (χ1v) is 9.01. The number of hydrogen-bond acceptors (Lipinski definition) is 2. The van der Waals surface area contributed by atoms with Crippen LogP contribution in [0.4, 0.5) is 10.5 Å². The zero-order chi connectivity index (χ0) is 18.7. The fourth-order valence-electron chi connectivity index (χ4n) is 3.73. The largest absolute Gasteiger partial charge is 0.366 e. The van der Waals surface area contributed by atoms with Crippen molar-refractivity contribution in [1.82, 2.24) is 5.32 Å². The molecule has 0 fully saturated rings. The molecule has 2 aromatic rings. The molecule has 0 radical (unpaired) electrons. The van der Waals surface area contributed by atoms with E-state index in [1.807, 2.05) is 6.92 Å². The van der Waals surface area contributed by atoms with Gasteiger partial charge in [0.2, 0.25) is 5.91 Å². The van der Waals surface area contributed by atoms with Crippen molar-refractivity contribution < 1.29 is 9.59 Å². The summed E-state index contributed by atoms with van der Waals surface area (Å²) in [6, 6.07) is 13.3. The summed E-state index contributed by atoms with van der Waals surface area (Å²) in [6.45, 7) is 3.89. The molecule has 0 bridgehead atoms. The summed E-state index contributed by atoms with van der Waals surface area (Å²) < 4.78 is 0. The number of amides is 3. The predicted octanol–water partition coefficient (Wildman–Crippen LogP) is 3.72. The number of fused-ring (bicyclic) bond motifs is 1. The van der Waals surface area contributed by atoms with Crippen LogP contribution in [0.15, 0.2) is 42.5 Å². The van der Waals surface area contributed by atoms with Gasteiger partial charge in [-0.25, -0.2) is 4.79 Å². The van der Waals surface area contributed by atoms with Gasteiger partial charge in [-0.15, -0.1) is 0 Å². The van der Waals surface area contributed by atoms with E-state index in [0.29, 0.717) is 17.2 Å². The highest BCUT2D eigenvalue weighted by Crippen LogP contribution is 2.33. The molecular formula is C21H25N3O2. The molecule has 3 amide bonds. The molecule has 136 valence electrons. The van der Waals surface area contributed by atoms with Crippen LogP contribution in [-0.4, -0.2) is 18.0 Å². The van der Waals surface area contributed by atoms with Gasteiger partial charge in [0.1, 0.15) is 0 Å². The second-order valence-corrected chi connectivity index (χ2v) is 6.98. The van der Waals surface area contributed by atoms with Crippen molar-refractivity contribution in [3.63, 3.8) is 0 Å². The zero-order valence-corrected chi connectivity index (χ0v) is 15.2. The highest BCUT2D eigenvalue weighted by Gasteiger charge is 2.26. The lowest BCUT2D eigenvalue weighted by atomic mass is 9.79. The van der Waals surface area contributed by atoms with Gasteiger partial charge < -0.3 is 16.4 Å². The lowest BCUT2D eigenvalue weighted by molar-refractivity contribution is 0.1000. The van der Waals surface area contributed by atoms with Gasteiger partial charge in [-0.05, 0) is 68.0 Å². The number of benzene rings is 2. The van der Waals surface area contributed by atoms with Crippen LogP contribution < -0.4 is 16.4 Å². The standard InChI is InChI=1S/C21H25N3O2/c1-13-12-16(20(22)25)10-11-19(13)24-21(26)23-14(2)17-9-5-7-15-6-3-4-8-18(15)17/h3-4,6,8,10-12,14,17H,5,7,9H2,1-2H3,(H2,22,25)(H2,23,24,26)/t14-,17?/m1/s1. The summed E-state index contributed by atoms with van der Waals surface area (Å²) in [4.78, 5) is 23.7. The Bertz CT molecular complexity index is 832. The Morgan fingerprint density at radius 2 is 1.96 bits per heavy atom. The second-order valence-electron chi connectivity index (χ2n) is 6.98. The average Bonchev–Trinajstić information content (AvgIpc) is 2.62. The molecule has 0 heterocycles. The number of nitrogens with one attached hydrogen (secondary N) is 2. The molecule has 0 spiro atoms. The van der Waals surface area contributed by atoms with Crippen LogP contribution >= 0.6 is 0 Å². The third-order valence-electron chi connectivity index (χ3n) is 5.14. The van der Waals surface area contributed by atoms with Crippen molar-refractivity contribution >= 4 is 17.6 Å². The summed E-state index contributed by atoms with van der Waals surface area (Å²) in [5.74, 6) is -0.155. The third kappa shape index (κ3) is 3.87. The quantitative estimate of drug-likeness (QED) is 0.784. The van der Waals surface area contributed by atoms with Crippen molar-refractivity contribution in [2.45, 2.75) is 45.1 Å². The third-order valence-corrected chi connectivity index (χ3v) is 5.14. The van der Waals surface area contributed by atoms with E-state index in [1.54, 1.807) is 18.2 Å². The van der Waals surface area contributed by atoms with Gasteiger partial charge in [-0.1, -0.05) is 24.3 Å². The molecule has 26 heavy (non-hydrogen) atoms. The minimum absolute atomic E-state index is 0.0293. The Morgan fingerprint density at radius 1 is 1.19 bits per heavy atom. The molecule has 1 aliphatic rings. The number of carbonyl (C=O) groups excluding carboxylic acids is 2. The van der Waals surface area contributed by atoms with Gasteiger partial charge in [-0.2, -0.15) is 0 Å². The fraction of sp³-hybridized carbons (Fsp3) is 0.333. The summed E-state index contributed by atoms with van der Waals surface area (Å²) in [7, 11) is 0. The van der Waals surface area contributed by atoms with E-state index in [2.05, 4.69) is 41.8 Å². The number of urea groups is 1. The predicted molar refractivity (Wildman–Crippen MR) is 103 cm³/mol. The lowest BCUT2D eigenvalue weighted by Crippen LogP contribution is -2.40. The van der Waals surface area contributed by atoms with E-state index in [4.69, 9.17) is 5.73 Å². The van der Waals surface area contributed by atoms with Gasteiger partial charge in [0, 0.05) is 23.2 Å². The van der Waals surface area contributed by atoms with Crippen molar-refractivity contribution in [2.24, 2.45) is 5.73 Å². The molecule has 2 aromatic carbocycles. The van der Waals surface area contributed by atoms with E-state index in [1.165, 1.54) is 11.1 Å². The molecule has 5 nitrogen and oxygen atoms in total. The number of primary amides is 1. The number of anilines is 1. The molecule has 3 rings (SSSR count). The summed E-state index contributed by atoms with van der Waals surface area (Å²) >= 11 is 0. The number of carbonyl (C=O) groups is 2. The number of hydrogen-bond donors (Lipinski definition) is 3. The first-order valence-electron chi connectivity index (χ1n) is 9.01. The van der Waals surface area contributed by atoms with Crippen molar-refractivity contribution in [3.8, 4) is 0 Å². The van der Waals surface area contributed by atoms with Crippen LogP contribution in [0.5, 0.6) is 0 Å². The van der Waals surface area contributed by atoms with Crippen LogP contribution in [0.3, 0.4) is 0 Å². The molecule has 0 saturated carbocycles. The van der Waals surface area contributed by atoms with E-state index in [-0.39, 0.29) is 12.1 Å². The maximum Gasteiger partial charge on any atom is 0.319 e. The molecule has 4 N–H and O–H groups in total. The van der Waals surface area contributed by atoms with Crippen LogP contribution in [-0.2, 0) is 6.42 Å². The minimum Gasteiger partial charge on any atom is -0.366 e. The minimum atomic E-state index is -0.478. The molecule has 0 aliphatic heterocycles. The molecule has 5 heteroatoms. The summed E-state index contributed by atoms with van der Waals surface area (Å²) in [6.07, 6.45) is 3.32. The molecule has 0 saturated heterocycles. The van der Waals surface area contributed by atoms with Gasteiger partial charge >= 0.3 is 6.03 Å². The van der Waals surface area contributed by atoms with E-state index < -0.39 is 5.91 Å². The fourth-order valence-corrected chi connectivity index (χ4v) is 3.73. The Labute approximate surface area is 154 Å². The maximum atomic E-state index is 12.4. The Morgan fingerprint density at radius 3 is 2.69 bits per heavy atom. The molecule has 1 unspecified atom stereocenters. The van der Waals surface area contributed by atoms with E-state index in [9.17, 15) is 9.59 Å².